The summed E-state index contributed by atoms with van der Waals surface area (Å²) in [5.74, 6) is 0.369. The Kier molecular flexibility index (Phi) is 6.21. The molecule has 0 saturated carbocycles. The predicted molar refractivity (Wildman–Crippen MR) is 51.0 cm³/mol. The first-order chi connectivity index (χ1) is 6.34. The molecular weight excluding hydrogens is 210 g/mol. The molecule has 3 N–H and O–H groups in total. The third kappa shape index (κ3) is 7.22. The van der Waals surface area contributed by atoms with E-state index in [1.807, 2.05) is 13.8 Å². The molecule has 0 spiro atoms. The first kappa shape index (κ1) is 13.8. The van der Waals surface area contributed by atoms with Crippen LogP contribution in [-0.2, 0) is 15.0 Å². The quantitative estimate of drug-likeness (QED) is 0.315. The van der Waals surface area contributed by atoms with E-state index in [4.69, 9.17) is 14.5 Å². The van der Waals surface area contributed by atoms with E-state index in [1.54, 1.807) is 0 Å². The number of aliphatic hydroxyl groups excluding tert-OH is 1. The number of rotatable bonds is 7. The fourth-order valence-corrected chi connectivity index (χ4v) is 1.04. The van der Waals surface area contributed by atoms with Crippen LogP contribution in [0.1, 0.15) is 20.3 Å². The molecule has 1 unspecified atom stereocenters. The van der Waals surface area contributed by atoms with Gasteiger partial charge in [-0.2, -0.15) is 8.42 Å². The molecule has 0 bridgehead atoms. The first-order valence-electron chi connectivity index (χ1n) is 4.33. The third-order valence-corrected chi connectivity index (χ3v) is 2.28. The summed E-state index contributed by atoms with van der Waals surface area (Å²) in [6, 6.07) is 0. The number of nitrogens with one attached hydrogen (secondary N) is 1. The Balaban J connectivity index is 3.46. The van der Waals surface area contributed by atoms with E-state index >= 15 is 0 Å². The van der Waals surface area contributed by atoms with Gasteiger partial charge in [0.1, 0.15) is 0 Å². The van der Waals surface area contributed by atoms with E-state index in [-0.39, 0.29) is 13.0 Å². The average Bonchev–Trinajstić information content (AvgIpc) is 2.01. The van der Waals surface area contributed by atoms with Gasteiger partial charge < -0.3 is 9.94 Å². The van der Waals surface area contributed by atoms with Crippen LogP contribution < -0.4 is 5.48 Å². The van der Waals surface area contributed by atoms with Gasteiger partial charge in [0.2, 0.25) is 0 Å². The van der Waals surface area contributed by atoms with Gasteiger partial charge in [0.15, 0.2) is 5.44 Å². The molecule has 0 aliphatic heterocycles. The van der Waals surface area contributed by atoms with E-state index < -0.39 is 15.6 Å². The van der Waals surface area contributed by atoms with Gasteiger partial charge in [-0.3, -0.25) is 4.55 Å². The number of hydrogen-bond acceptors (Lipinski definition) is 5. The van der Waals surface area contributed by atoms with Gasteiger partial charge in [-0.25, -0.2) is 5.48 Å². The topological polar surface area (TPSA) is 95.9 Å². The summed E-state index contributed by atoms with van der Waals surface area (Å²) in [6.45, 7) is 4.60. The molecule has 0 aliphatic carbocycles. The minimum Gasteiger partial charge on any atom is -0.375 e. The molecule has 0 aromatic carbocycles. The lowest BCUT2D eigenvalue weighted by atomic mass is 10.2. The second-order valence-electron chi connectivity index (χ2n) is 3.36. The zero-order valence-electron chi connectivity index (χ0n) is 8.30. The molecule has 0 aromatic heterocycles. The van der Waals surface area contributed by atoms with Crippen LogP contribution in [0.25, 0.3) is 0 Å². The van der Waals surface area contributed by atoms with Crippen molar-refractivity contribution < 1.29 is 22.9 Å². The van der Waals surface area contributed by atoms with Crippen molar-refractivity contribution in [1.29, 1.82) is 0 Å². The highest BCUT2D eigenvalue weighted by atomic mass is 32.2. The number of aliphatic hydroxyl groups is 1. The summed E-state index contributed by atoms with van der Waals surface area (Å²) >= 11 is 0. The van der Waals surface area contributed by atoms with Crippen molar-refractivity contribution in [3.8, 4) is 0 Å². The molecule has 0 aromatic rings. The summed E-state index contributed by atoms with van der Waals surface area (Å²) in [6.07, 6.45) is -0.114. The summed E-state index contributed by atoms with van der Waals surface area (Å²) in [5.41, 5.74) is 0.732. The first-order valence-corrected chi connectivity index (χ1v) is 5.83. The maximum Gasteiger partial charge on any atom is 0.292 e. The summed E-state index contributed by atoms with van der Waals surface area (Å²) in [4.78, 5) is 4.92. The monoisotopic (exact) mass is 227 g/mol. The molecule has 7 heteroatoms. The Morgan fingerprint density at radius 3 is 2.43 bits per heavy atom. The fraction of sp³-hybridized carbons (Fsp3) is 1.00. The maximum atomic E-state index is 10.3. The second kappa shape index (κ2) is 6.31. The lowest BCUT2D eigenvalue weighted by molar-refractivity contribution is 0.0196. The van der Waals surface area contributed by atoms with Crippen molar-refractivity contribution >= 4 is 10.1 Å². The van der Waals surface area contributed by atoms with Crippen molar-refractivity contribution in [1.82, 2.24) is 5.48 Å². The number of hydroxylamine groups is 1. The second-order valence-corrected chi connectivity index (χ2v) is 4.93. The standard InChI is InChI=1S/C7H17NO5S/c1-6(2)5-13-8-4-3-7(9)14(10,11)12/h6-9H,3-5H2,1-2H3,(H,10,11,12). The highest BCUT2D eigenvalue weighted by molar-refractivity contribution is 7.86. The lowest BCUT2D eigenvalue weighted by Crippen LogP contribution is -2.27. The molecule has 6 nitrogen and oxygen atoms in total. The smallest absolute Gasteiger partial charge is 0.292 e. The van der Waals surface area contributed by atoms with Crippen LogP contribution in [0.15, 0.2) is 0 Å². The van der Waals surface area contributed by atoms with Crippen molar-refractivity contribution in [3.63, 3.8) is 0 Å². The van der Waals surface area contributed by atoms with Gasteiger partial charge in [-0.15, -0.1) is 0 Å². The minimum atomic E-state index is -4.35. The van der Waals surface area contributed by atoms with E-state index in [0.29, 0.717) is 12.5 Å². The molecule has 0 radical (unpaired) electrons. The Hall–Kier alpha value is -0.210. The highest BCUT2D eigenvalue weighted by Gasteiger charge is 2.18. The lowest BCUT2D eigenvalue weighted by Gasteiger charge is -2.09. The fourth-order valence-electron chi connectivity index (χ4n) is 0.629. The Bertz CT molecular complexity index is 238. The zero-order valence-corrected chi connectivity index (χ0v) is 9.12. The van der Waals surface area contributed by atoms with Gasteiger partial charge >= 0.3 is 0 Å². The van der Waals surface area contributed by atoms with Crippen molar-refractivity contribution in [3.05, 3.63) is 0 Å². The van der Waals surface area contributed by atoms with Crippen LogP contribution in [0.5, 0.6) is 0 Å². The molecule has 0 aliphatic rings. The van der Waals surface area contributed by atoms with E-state index in [0.717, 1.165) is 0 Å². The summed E-state index contributed by atoms with van der Waals surface area (Å²) < 4.78 is 29.1. The largest absolute Gasteiger partial charge is 0.375 e. The van der Waals surface area contributed by atoms with Gasteiger partial charge in [-0.1, -0.05) is 13.8 Å². The van der Waals surface area contributed by atoms with Crippen molar-refractivity contribution in [2.75, 3.05) is 13.2 Å². The van der Waals surface area contributed by atoms with Gasteiger partial charge in [0, 0.05) is 13.0 Å². The molecule has 0 saturated heterocycles. The molecule has 0 fully saturated rings. The van der Waals surface area contributed by atoms with Crippen LogP contribution >= 0.6 is 0 Å². The number of hydrogen-bond donors (Lipinski definition) is 3. The zero-order chi connectivity index (χ0) is 11.2. The van der Waals surface area contributed by atoms with Gasteiger partial charge in [-0.05, 0) is 5.92 Å². The summed E-state index contributed by atoms with van der Waals surface area (Å²) in [7, 11) is -4.35. The van der Waals surface area contributed by atoms with Gasteiger partial charge in [0.05, 0.1) is 6.61 Å². The Morgan fingerprint density at radius 2 is 2.00 bits per heavy atom. The van der Waals surface area contributed by atoms with E-state index in [1.165, 1.54) is 0 Å². The van der Waals surface area contributed by atoms with Crippen LogP contribution in [0.2, 0.25) is 0 Å². The summed E-state index contributed by atoms with van der Waals surface area (Å²) in [5, 5.41) is 8.86. The van der Waals surface area contributed by atoms with E-state index in [9.17, 15) is 8.42 Å². The SMILES string of the molecule is CC(C)CONCCC(O)S(=O)(=O)O. The molecule has 86 valence electrons. The van der Waals surface area contributed by atoms with Crippen LogP contribution in [0.3, 0.4) is 0 Å². The van der Waals surface area contributed by atoms with Crippen LogP contribution in [0, 0.1) is 5.92 Å². The highest BCUT2D eigenvalue weighted by Crippen LogP contribution is 1.98. The van der Waals surface area contributed by atoms with Crippen LogP contribution in [0.4, 0.5) is 0 Å². The average molecular weight is 227 g/mol. The Labute approximate surface area is 84.0 Å². The van der Waals surface area contributed by atoms with E-state index in [2.05, 4.69) is 5.48 Å². The Morgan fingerprint density at radius 1 is 1.43 bits per heavy atom. The maximum absolute atomic E-state index is 10.3. The van der Waals surface area contributed by atoms with Gasteiger partial charge in [0.25, 0.3) is 10.1 Å². The molecule has 0 amide bonds. The molecule has 0 heterocycles. The van der Waals surface area contributed by atoms with Crippen LogP contribution in [-0.4, -0.2) is 36.7 Å². The van der Waals surface area contributed by atoms with Crippen molar-refractivity contribution in [2.45, 2.75) is 25.7 Å². The van der Waals surface area contributed by atoms with Crippen molar-refractivity contribution in [2.24, 2.45) is 5.92 Å². The predicted octanol–water partition coefficient (Wildman–Crippen LogP) is -0.240. The normalized spacial score (nSPS) is 14.6. The third-order valence-electron chi connectivity index (χ3n) is 1.36. The molecule has 1 atom stereocenters. The minimum absolute atomic E-state index is 0.114. The molecule has 14 heavy (non-hydrogen) atoms. The molecule has 0 rings (SSSR count). The molecular formula is C7H17NO5S.